The molecule has 0 spiro atoms. The lowest BCUT2D eigenvalue weighted by Crippen LogP contribution is -2.09. The number of aromatic nitrogens is 1. The van der Waals surface area contributed by atoms with Crippen molar-refractivity contribution in [1.82, 2.24) is 4.98 Å². The zero-order chi connectivity index (χ0) is 18.6. The van der Waals surface area contributed by atoms with Gasteiger partial charge in [-0.25, -0.2) is 0 Å². The van der Waals surface area contributed by atoms with Gasteiger partial charge in [0.2, 0.25) is 5.69 Å². The van der Waals surface area contributed by atoms with E-state index in [-0.39, 0.29) is 12.1 Å². The summed E-state index contributed by atoms with van der Waals surface area (Å²) in [6, 6.07) is 3.56. The Kier molecular flexibility index (Phi) is 4.91. The number of anilines is 1. The minimum absolute atomic E-state index is 0.203. The van der Waals surface area contributed by atoms with Gasteiger partial charge in [-0.3, -0.25) is 30.6 Å². The molecule has 0 bridgehead atoms. The van der Waals surface area contributed by atoms with Crippen molar-refractivity contribution in [3.8, 4) is 0 Å². The second-order valence-electron chi connectivity index (χ2n) is 4.56. The molecular formula is C13H8F3N5O4. The molecule has 0 saturated heterocycles. The van der Waals surface area contributed by atoms with Crippen molar-refractivity contribution in [3.05, 3.63) is 68.0 Å². The minimum atomic E-state index is -4.98. The van der Waals surface area contributed by atoms with E-state index in [1.54, 1.807) is 12.1 Å². The maximum absolute atomic E-state index is 12.8. The molecule has 1 N–H and O–H groups in total. The molecule has 1 heterocycles. The number of hydrazone groups is 1. The highest BCUT2D eigenvalue weighted by molar-refractivity contribution is 5.81. The van der Waals surface area contributed by atoms with Crippen molar-refractivity contribution < 1.29 is 23.0 Å². The van der Waals surface area contributed by atoms with Gasteiger partial charge in [-0.15, -0.1) is 0 Å². The van der Waals surface area contributed by atoms with Crippen molar-refractivity contribution >= 4 is 23.3 Å². The standard InChI is InChI=1S/C13H8F3N5O4/c14-13(15,16)9-4-10(20(22)23)12(11(5-9)21(24)25)19-18-7-8-2-1-3-17-6-8/h1-7,19H/b18-7-. The molecule has 2 rings (SSSR count). The number of nitrogens with one attached hydrogen (secondary N) is 1. The smallest absolute Gasteiger partial charge is 0.266 e. The topological polar surface area (TPSA) is 124 Å². The van der Waals surface area contributed by atoms with Crippen LogP contribution in [0.2, 0.25) is 0 Å². The summed E-state index contributed by atoms with van der Waals surface area (Å²) in [5.41, 5.74) is -1.98. The number of nitro benzene ring substituents is 2. The molecule has 0 saturated carbocycles. The van der Waals surface area contributed by atoms with E-state index in [1.165, 1.54) is 12.4 Å². The van der Waals surface area contributed by atoms with E-state index in [4.69, 9.17) is 0 Å². The molecule has 0 atom stereocenters. The predicted octanol–water partition coefficient (Wildman–Crippen LogP) is 3.36. The van der Waals surface area contributed by atoms with Gasteiger partial charge >= 0.3 is 17.6 Å². The van der Waals surface area contributed by atoms with Crippen molar-refractivity contribution in [2.45, 2.75) is 6.18 Å². The molecule has 1 aromatic carbocycles. The molecule has 1 aromatic heterocycles. The largest absolute Gasteiger partial charge is 0.416 e. The number of pyridine rings is 1. The second-order valence-corrected chi connectivity index (χ2v) is 4.56. The third kappa shape index (κ3) is 4.25. The molecule has 2 aromatic rings. The molecular weight excluding hydrogens is 347 g/mol. The van der Waals surface area contributed by atoms with Crippen LogP contribution in [0, 0.1) is 20.2 Å². The molecule has 0 fully saturated rings. The summed E-state index contributed by atoms with van der Waals surface area (Å²) in [6.45, 7) is 0. The number of alkyl halides is 3. The van der Waals surface area contributed by atoms with E-state index in [9.17, 15) is 33.4 Å². The highest BCUT2D eigenvalue weighted by Crippen LogP contribution is 2.41. The number of hydrogen-bond acceptors (Lipinski definition) is 7. The number of benzene rings is 1. The molecule has 12 heteroatoms. The van der Waals surface area contributed by atoms with Crippen LogP contribution in [0.4, 0.5) is 30.2 Å². The summed E-state index contributed by atoms with van der Waals surface area (Å²) in [6.07, 6.45) is -0.956. The van der Waals surface area contributed by atoms with Gasteiger partial charge < -0.3 is 0 Å². The first-order chi connectivity index (χ1) is 11.7. The van der Waals surface area contributed by atoms with Gasteiger partial charge in [0.25, 0.3) is 0 Å². The van der Waals surface area contributed by atoms with Crippen LogP contribution >= 0.6 is 0 Å². The molecule has 130 valence electrons. The Bertz CT molecular complexity index is 804. The maximum atomic E-state index is 12.8. The normalized spacial score (nSPS) is 11.5. The molecule has 0 radical (unpaired) electrons. The Balaban J connectivity index is 2.49. The van der Waals surface area contributed by atoms with Gasteiger partial charge in [-0.1, -0.05) is 6.07 Å². The molecule has 0 aliphatic heterocycles. The van der Waals surface area contributed by atoms with Gasteiger partial charge in [-0.2, -0.15) is 18.3 Å². The molecule has 25 heavy (non-hydrogen) atoms. The Morgan fingerprint density at radius 1 is 1.16 bits per heavy atom. The van der Waals surface area contributed by atoms with E-state index in [1.807, 2.05) is 0 Å². The van der Waals surface area contributed by atoms with Crippen LogP contribution in [-0.4, -0.2) is 21.0 Å². The fraction of sp³-hybridized carbons (Fsp3) is 0.0769. The first-order valence-corrected chi connectivity index (χ1v) is 6.43. The van der Waals surface area contributed by atoms with Crippen LogP contribution in [0.3, 0.4) is 0 Å². The van der Waals surface area contributed by atoms with Crippen molar-refractivity contribution in [1.29, 1.82) is 0 Å². The summed E-state index contributed by atoms with van der Waals surface area (Å²) in [7, 11) is 0. The van der Waals surface area contributed by atoms with Crippen molar-refractivity contribution in [2.24, 2.45) is 5.10 Å². The fourth-order valence-corrected chi connectivity index (χ4v) is 1.80. The number of halogens is 3. The lowest BCUT2D eigenvalue weighted by atomic mass is 10.1. The third-order valence-corrected chi connectivity index (χ3v) is 2.89. The van der Waals surface area contributed by atoms with Crippen LogP contribution in [0.5, 0.6) is 0 Å². The zero-order valence-electron chi connectivity index (χ0n) is 12.1. The van der Waals surface area contributed by atoms with E-state index < -0.39 is 38.6 Å². The average Bonchev–Trinajstić information content (AvgIpc) is 2.54. The van der Waals surface area contributed by atoms with E-state index in [2.05, 4.69) is 15.5 Å². The average molecular weight is 355 g/mol. The summed E-state index contributed by atoms with van der Waals surface area (Å²) < 4.78 is 38.3. The lowest BCUT2D eigenvalue weighted by molar-refractivity contribution is -0.392. The van der Waals surface area contributed by atoms with Crippen molar-refractivity contribution in [3.63, 3.8) is 0 Å². The quantitative estimate of drug-likeness (QED) is 0.498. The fourth-order valence-electron chi connectivity index (χ4n) is 1.80. The van der Waals surface area contributed by atoms with Crippen LogP contribution < -0.4 is 5.43 Å². The lowest BCUT2D eigenvalue weighted by Gasteiger charge is -2.09. The zero-order valence-corrected chi connectivity index (χ0v) is 12.1. The van der Waals surface area contributed by atoms with Crippen LogP contribution in [-0.2, 0) is 6.18 Å². The summed E-state index contributed by atoms with van der Waals surface area (Å²) in [5.74, 6) is 0. The monoisotopic (exact) mass is 355 g/mol. The number of hydrogen-bond donors (Lipinski definition) is 1. The van der Waals surface area contributed by atoms with E-state index >= 15 is 0 Å². The molecule has 0 unspecified atom stereocenters. The summed E-state index contributed by atoms with van der Waals surface area (Å²) >= 11 is 0. The van der Waals surface area contributed by atoms with Crippen LogP contribution in [0.15, 0.2) is 41.8 Å². The molecule has 0 aliphatic rings. The number of nitro groups is 2. The first kappa shape index (κ1) is 17.8. The summed E-state index contributed by atoms with van der Waals surface area (Å²) in [5, 5.41) is 25.6. The minimum Gasteiger partial charge on any atom is -0.266 e. The van der Waals surface area contributed by atoms with Gasteiger partial charge in [-0.05, 0) is 6.07 Å². The predicted molar refractivity (Wildman–Crippen MR) is 80.2 cm³/mol. The second kappa shape index (κ2) is 6.90. The molecule has 9 nitrogen and oxygen atoms in total. The first-order valence-electron chi connectivity index (χ1n) is 6.43. The molecule has 0 aliphatic carbocycles. The Labute approximate surface area is 137 Å². The number of nitrogens with zero attached hydrogens (tertiary/aromatic N) is 4. The Hall–Kier alpha value is -3.57. The SMILES string of the molecule is O=[N+]([O-])c1cc(C(F)(F)F)cc([N+](=O)[O-])c1N/N=C\c1cccnc1. The van der Waals surface area contributed by atoms with E-state index in [0.717, 1.165) is 6.21 Å². The molecule has 0 amide bonds. The van der Waals surface area contributed by atoms with Crippen molar-refractivity contribution in [2.75, 3.05) is 5.43 Å². The third-order valence-electron chi connectivity index (χ3n) is 2.89. The maximum Gasteiger partial charge on any atom is 0.416 e. The van der Waals surface area contributed by atoms with Gasteiger partial charge in [0, 0.05) is 30.1 Å². The number of rotatable bonds is 5. The van der Waals surface area contributed by atoms with Crippen LogP contribution in [0.25, 0.3) is 0 Å². The van der Waals surface area contributed by atoms with Gasteiger partial charge in [0.1, 0.15) is 0 Å². The van der Waals surface area contributed by atoms with Crippen LogP contribution in [0.1, 0.15) is 11.1 Å². The van der Waals surface area contributed by atoms with Gasteiger partial charge in [0.05, 0.1) is 21.6 Å². The van der Waals surface area contributed by atoms with Gasteiger partial charge in [0.15, 0.2) is 0 Å². The van der Waals surface area contributed by atoms with E-state index in [0.29, 0.717) is 5.56 Å². The summed E-state index contributed by atoms with van der Waals surface area (Å²) in [4.78, 5) is 23.5. The Morgan fingerprint density at radius 3 is 2.20 bits per heavy atom. The highest BCUT2D eigenvalue weighted by atomic mass is 19.4. The Morgan fingerprint density at radius 2 is 1.76 bits per heavy atom. The highest BCUT2D eigenvalue weighted by Gasteiger charge is 2.37.